The Labute approximate surface area is 155 Å². The molecule has 0 aliphatic heterocycles. The van der Waals surface area contributed by atoms with Crippen LogP contribution in [0.5, 0.6) is 0 Å². The van der Waals surface area contributed by atoms with Gasteiger partial charge >= 0.3 is 0 Å². The maximum Gasteiger partial charge on any atom is 0.191 e. The molecule has 1 aromatic rings. The number of aromatic nitrogens is 1. The molecule has 0 aliphatic rings. The molecule has 0 unspecified atom stereocenters. The molecule has 0 aliphatic carbocycles. The summed E-state index contributed by atoms with van der Waals surface area (Å²) in [7, 11) is -2.96. The second-order valence-corrected chi connectivity index (χ2v) is 7.11. The van der Waals surface area contributed by atoms with Crippen molar-refractivity contribution in [3.05, 3.63) is 24.5 Å². The monoisotopic (exact) mass is 458 g/mol. The van der Waals surface area contributed by atoms with Gasteiger partial charge in [-0.2, -0.15) is 0 Å². The first-order valence-electron chi connectivity index (χ1n) is 7.39. The Bertz CT molecular complexity index is 532. The molecule has 7 nitrogen and oxygen atoms in total. The van der Waals surface area contributed by atoms with Crippen LogP contribution in [0.1, 0.15) is 6.92 Å². The number of nitrogens with zero attached hydrogens (tertiary/aromatic N) is 2. The van der Waals surface area contributed by atoms with E-state index in [0.717, 1.165) is 25.6 Å². The third kappa shape index (κ3) is 12.3. The lowest BCUT2D eigenvalue weighted by atomic mass is 10.6. The molecule has 2 N–H and O–H groups in total. The fraction of sp³-hybridized carbons (Fsp3) is 0.643. The summed E-state index contributed by atoms with van der Waals surface area (Å²) in [5.41, 5.74) is 0. The van der Waals surface area contributed by atoms with Crippen molar-refractivity contribution in [1.29, 1.82) is 0 Å². The van der Waals surface area contributed by atoms with Gasteiger partial charge in [-0.3, -0.25) is 4.99 Å². The van der Waals surface area contributed by atoms with Crippen LogP contribution >= 0.6 is 24.0 Å². The number of rotatable bonds is 10. The number of halogens is 1. The summed E-state index contributed by atoms with van der Waals surface area (Å²) in [5, 5.41) is 6.40. The summed E-state index contributed by atoms with van der Waals surface area (Å²) in [5.74, 6) is 0.785. The summed E-state index contributed by atoms with van der Waals surface area (Å²) < 4.78 is 29.2. The van der Waals surface area contributed by atoms with Crippen molar-refractivity contribution in [3.63, 3.8) is 0 Å². The van der Waals surface area contributed by atoms with Gasteiger partial charge in [-0.1, -0.05) is 0 Å². The number of hydrogen-bond donors (Lipinski definition) is 2. The maximum atomic E-state index is 10.9. The van der Waals surface area contributed by atoms with Gasteiger partial charge in [-0.05, 0) is 19.1 Å². The van der Waals surface area contributed by atoms with E-state index in [1.165, 1.54) is 6.26 Å². The zero-order valence-corrected chi connectivity index (χ0v) is 16.8. The Balaban J connectivity index is 0.00000484. The summed E-state index contributed by atoms with van der Waals surface area (Å²) in [6, 6.07) is 3.99. The third-order valence-corrected chi connectivity index (χ3v) is 3.69. The van der Waals surface area contributed by atoms with Crippen molar-refractivity contribution in [3.8, 4) is 0 Å². The first-order valence-corrected chi connectivity index (χ1v) is 9.45. The minimum atomic E-state index is -2.96. The smallest absolute Gasteiger partial charge is 0.191 e. The van der Waals surface area contributed by atoms with Crippen LogP contribution in [0.3, 0.4) is 0 Å². The second kappa shape index (κ2) is 12.6. The molecule has 23 heavy (non-hydrogen) atoms. The summed E-state index contributed by atoms with van der Waals surface area (Å²) in [6.07, 6.45) is 5.23. The van der Waals surface area contributed by atoms with Crippen molar-refractivity contribution in [1.82, 2.24) is 15.2 Å². The average Bonchev–Trinajstić information content (AvgIpc) is 2.94. The Morgan fingerprint density at radius 1 is 1.22 bits per heavy atom. The molecule has 1 heterocycles. The molecule has 0 aromatic carbocycles. The van der Waals surface area contributed by atoms with E-state index in [4.69, 9.17) is 4.74 Å². The molecule has 0 fully saturated rings. The molecular weight excluding hydrogens is 431 g/mol. The van der Waals surface area contributed by atoms with Crippen molar-refractivity contribution >= 4 is 39.8 Å². The normalized spacial score (nSPS) is 11.8. The predicted octanol–water partition coefficient (Wildman–Crippen LogP) is 0.722. The van der Waals surface area contributed by atoms with Crippen LogP contribution < -0.4 is 10.6 Å². The number of aliphatic imine (C=N–C) groups is 1. The van der Waals surface area contributed by atoms with E-state index in [1.807, 2.05) is 31.5 Å². The predicted molar refractivity (Wildman–Crippen MR) is 104 cm³/mol. The lowest BCUT2D eigenvalue weighted by molar-refractivity contribution is 0.157. The van der Waals surface area contributed by atoms with E-state index in [2.05, 4.69) is 20.2 Å². The van der Waals surface area contributed by atoms with Gasteiger partial charge in [-0.25, -0.2) is 8.42 Å². The molecule has 0 radical (unpaired) electrons. The van der Waals surface area contributed by atoms with E-state index in [9.17, 15) is 8.42 Å². The van der Waals surface area contributed by atoms with Crippen LogP contribution in [-0.2, 0) is 21.1 Å². The largest absolute Gasteiger partial charge is 0.378 e. The molecule has 0 spiro atoms. The Morgan fingerprint density at radius 2 is 1.91 bits per heavy atom. The lowest BCUT2D eigenvalue weighted by Gasteiger charge is -2.11. The summed E-state index contributed by atoms with van der Waals surface area (Å²) in [4.78, 5) is 4.38. The van der Waals surface area contributed by atoms with Gasteiger partial charge in [0, 0.05) is 38.3 Å². The topological polar surface area (TPSA) is 84.7 Å². The van der Waals surface area contributed by atoms with Crippen LogP contribution in [-0.4, -0.2) is 63.8 Å². The molecule has 1 aromatic heterocycles. The fourth-order valence-electron chi connectivity index (χ4n) is 1.70. The molecule has 9 heteroatoms. The van der Waals surface area contributed by atoms with E-state index in [0.29, 0.717) is 13.2 Å². The van der Waals surface area contributed by atoms with Crippen LogP contribution in [0.25, 0.3) is 0 Å². The molecule has 134 valence electrons. The minimum absolute atomic E-state index is 0. The Hall–Kier alpha value is -0.810. The van der Waals surface area contributed by atoms with E-state index in [-0.39, 0.29) is 36.3 Å². The zero-order chi connectivity index (χ0) is 16.3. The van der Waals surface area contributed by atoms with Crippen LogP contribution in [0.4, 0.5) is 0 Å². The average molecular weight is 458 g/mol. The van der Waals surface area contributed by atoms with Crippen LogP contribution in [0.15, 0.2) is 29.5 Å². The van der Waals surface area contributed by atoms with Crippen molar-refractivity contribution in [2.24, 2.45) is 4.99 Å². The van der Waals surface area contributed by atoms with Crippen molar-refractivity contribution < 1.29 is 13.2 Å². The van der Waals surface area contributed by atoms with Crippen LogP contribution in [0.2, 0.25) is 0 Å². The van der Waals surface area contributed by atoms with Gasteiger partial charge in [0.15, 0.2) is 5.96 Å². The molecule has 0 saturated carbocycles. The maximum absolute atomic E-state index is 10.9. The lowest BCUT2D eigenvalue weighted by Crippen LogP contribution is -2.39. The molecular formula is C14H27IN4O3S. The summed E-state index contributed by atoms with van der Waals surface area (Å²) >= 11 is 0. The van der Waals surface area contributed by atoms with Crippen LogP contribution in [0, 0.1) is 0 Å². The van der Waals surface area contributed by atoms with Gasteiger partial charge < -0.3 is 19.9 Å². The highest BCUT2D eigenvalue weighted by Gasteiger charge is 2.01. The number of guanidine groups is 1. The minimum Gasteiger partial charge on any atom is -0.378 e. The number of ether oxygens (including phenoxy) is 1. The highest BCUT2D eigenvalue weighted by Crippen LogP contribution is 1.88. The molecule has 0 saturated heterocycles. The number of hydrogen-bond acceptors (Lipinski definition) is 4. The molecule has 0 atom stereocenters. The van der Waals surface area contributed by atoms with E-state index in [1.54, 1.807) is 0 Å². The number of sulfone groups is 1. The second-order valence-electron chi connectivity index (χ2n) is 4.85. The van der Waals surface area contributed by atoms with Gasteiger partial charge in [0.1, 0.15) is 9.84 Å². The van der Waals surface area contributed by atoms with Gasteiger partial charge in [-0.15, -0.1) is 24.0 Å². The molecule has 0 amide bonds. The fourth-order valence-corrected chi connectivity index (χ4v) is 2.12. The molecule has 1 rings (SSSR count). The first-order chi connectivity index (χ1) is 10.5. The third-order valence-electron chi connectivity index (χ3n) is 2.78. The van der Waals surface area contributed by atoms with Crippen molar-refractivity contribution in [2.45, 2.75) is 13.5 Å². The highest BCUT2D eigenvalue weighted by atomic mass is 127. The van der Waals surface area contributed by atoms with E-state index >= 15 is 0 Å². The Morgan fingerprint density at radius 3 is 2.52 bits per heavy atom. The van der Waals surface area contributed by atoms with Gasteiger partial charge in [0.2, 0.25) is 0 Å². The SMILES string of the molecule is CCNC(=NCCOCCS(C)(=O)=O)NCCn1cccc1.I. The standard InChI is InChI=1S/C14H26N4O3S.HI/c1-3-15-14(16-6-10-18-8-4-5-9-18)17-7-11-21-12-13-22(2,19)20;/h4-5,8-9H,3,6-7,10-13H2,1-2H3,(H2,15,16,17);1H. The molecule has 0 bridgehead atoms. The zero-order valence-electron chi connectivity index (χ0n) is 13.7. The highest BCUT2D eigenvalue weighted by molar-refractivity contribution is 14.0. The van der Waals surface area contributed by atoms with Gasteiger partial charge in [0.05, 0.1) is 25.5 Å². The van der Waals surface area contributed by atoms with Gasteiger partial charge in [0.25, 0.3) is 0 Å². The number of nitrogens with one attached hydrogen (secondary N) is 2. The van der Waals surface area contributed by atoms with Crippen molar-refractivity contribution in [2.75, 3.05) is 44.9 Å². The van der Waals surface area contributed by atoms with E-state index < -0.39 is 9.84 Å². The Kier molecular flexibility index (Phi) is 12.1. The summed E-state index contributed by atoms with van der Waals surface area (Å²) in [6.45, 7) is 5.53. The first kappa shape index (κ1) is 22.2. The quantitative estimate of drug-likeness (QED) is 0.234.